The molecule has 1 heterocycles. The monoisotopic (exact) mass is 143 g/mol. The van der Waals surface area contributed by atoms with Crippen molar-refractivity contribution in [3.63, 3.8) is 0 Å². The predicted octanol–water partition coefficient (Wildman–Crippen LogP) is 2.03. The Morgan fingerprint density at radius 1 is 1.50 bits per heavy atom. The topological polar surface area (TPSA) is 15.8 Å². The molecule has 0 radical (unpaired) electrons. The molecule has 0 aliphatic heterocycles. The standard InChI is InChI=1S/C5H5NS2/c7-4-2-1-3-5(8)6-4/h1-3H,(H2,6,7,8). The van der Waals surface area contributed by atoms with E-state index in [1.165, 1.54) is 0 Å². The van der Waals surface area contributed by atoms with Crippen molar-refractivity contribution in [2.45, 2.75) is 5.03 Å². The van der Waals surface area contributed by atoms with Crippen LogP contribution >= 0.6 is 24.8 Å². The van der Waals surface area contributed by atoms with E-state index >= 15 is 0 Å². The van der Waals surface area contributed by atoms with Gasteiger partial charge in [0.25, 0.3) is 0 Å². The first kappa shape index (κ1) is 5.85. The van der Waals surface area contributed by atoms with Gasteiger partial charge in [0.2, 0.25) is 0 Å². The first-order chi connectivity index (χ1) is 3.79. The lowest BCUT2D eigenvalue weighted by Crippen LogP contribution is -1.71. The number of pyridine rings is 1. The van der Waals surface area contributed by atoms with Gasteiger partial charge in [-0.1, -0.05) is 18.3 Å². The second kappa shape index (κ2) is 2.33. The second-order valence-corrected chi connectivity index (χ2v) is 2.32. The minimum atomic E-state index is 0.720. The van der Waals surface area contributed by atoms with E-state index in [4.69, 9.17) is 12.2 Å². The van der Waals surface area contributed by atoms with Gasteiger partial charge in [-0.2, -0.15) is 0 Å². The minimum Gasteiger partial charge on any atom is -0.342 e. The van der Waals surface area contributed by atoms with Gasteiger partial charge in [0.15, 0.2) is 0 Å². The first-order valence-corrected chi connectivity index (χ1v) is 3.03. The molecule has 0 saturated carbocycles. The van der Waals surface area contributed by atoms with E-state index in [9.17, 15) is 0 Å². The average Bonchev–Trinajstić information content (AvgIpc) is 1.64. The summed E-state index contributed by atoms with van der Waals surface area (Å²) in [5.41, 5.74) is 0. The number of H-pyrrole nitrogens is 1. The number of hydrogen-bond donors (Lipinski definition) is 2. The van der Waals surface area contributed by atoms with Crippen LogP contribution in [-0.4, -0.2) is 4.98 Å². The van der Waals surface area contributed by atoms with E-state index < -0.39 is 0 Å². The van der Waals surface area contributed by atoms with Gasteiger partial charge in [0.05, 0.1) is 5.03 Å². The van der Waals surface area contributed by atoms with E-state index in [1.54, 1.807) is 0 Å². The lowest BCUT2D eigenvalue weighted by molar-refractivity contribution is 1.12. The largest absolute Gasteiger partial charge is 0.342 e. The normalized spacial score (nSPS) is 9.12. The molecule has 0 amide bonds. The molecule has 0 fully saturated rings. The third kappa shape index (κ3) is 1.35. The van der Waals surface area contributed by atoms with E-state index in [0.717, 1.165) is 9.67 Å². The predicted molar refractivity (Wildman–Crippen MR) is 38.9 cm³/mol. The van der Waals surface area contributed by atoms with Gasteiger partial charge < -0.3 is 4.98 Å². The zero-order valence-electron chi connectivity index (χ0n) is 4.09. The van der Waals surface area contributed by atoms with Crippen LogP contribution < -0.4 is 0 Å². The molecule has 0 aliphatic carbocycles. The number of hydrogen-bond acceptors (Lipinski definition) is 2. The van der Waals surface area contributed by atoms with E-state index in [-0.39, 0.29) is 0 Å². The third-order valence-corrected chi connectivity index (χ3v) is 1.25. The molecule has 0 unspecified atom stereocenters. The molecule has 1 rings (SSSR count). The Balaban J connectivity index is 3.28. The number of aromatic amines is 1. The SMILES string of the molecule is S=c1cccc(S)[nH]1. The number of thiol groups is 1. The summed E-state index contributed by atoms with van der Waals surface area (Å²) in [6, 6.07) is 5.52. The molecule has 3 heteroatoms. The summed E-state index contributed by atoms with van der Waals surface area (Å²) >= 11 is 8.83. The highest BCUT2D eigenvalue weighted by atomic mass is 32.1. The van der Waals surface area contributed by atoms with E-state index in [1.807, 2.05) is 18.2 Å². The molecule has 1 nitrogen and oxygen atoms in total. The van der Waals surface area contributed by atoms with Crippen LogP contribution in [0.5, 0.6) is 0 Å². The van der Waals surface area contributed by atoms with Gasteiger partial charge in [0.1, 0.15) is 4.64 Å². The summed E-state index contributed by atoms with van der Waals surface area (Å²) in [5, 5.41) is 0.803. The number of rotatable bonds is 0. The Kier molecular flexibility index (Phi) is 1.70. The van der Waals surface area contributed by atoms with Crippen LogP contribution in [0.4, 0.5) is 0 Å². The molecule has 0 aromatic carbocycles. The van der Waals surface area contributed by atoms with Gasteiger partial charge in [-0.3, -0.25) is 0 Å². The van der Waals surface area contributed by atoms with Gasteiger partial charge in [-0.05, 0) is 12.1 Å². The second-order valence-electron chi connectivity index (χ2n) is 1.40. The van der Waals surface area contributed by atoms with Crippen molar-refractivity contribution in [1.82, 2.24) is 4.98 Å². The van der Waals surface area contributed by atoms with Crippen LogP contribution in [-0.2, 0) is 0 Å². The summed E-state index contributed by atoms with van der Waals surface area (Å²) in [5.74, 6) is 0. The van der Waals surface area contributed by atoms with Crippen molar-refractivity contribution in [2.24, 2.45) is 0 Å². The van der Waals surface area contributed by atoms with Crippen LogP contribution in [0, 0.1) is 4.64 Å². The van der Waals surface area contributed by atoms with Crippen molar-refractivity contribution in [1.29, 1.82) is 0 Å². The van der Waals surface area contributed by atoms with Crippen LogP contribution in [0.15, 0.2) is 23.2 Å². The quantitative estimate of drug-likeness (QED) is 0.419. The molecule has 0 bridgehead atoms. The zero-order valence-corrected chi connectivity index (χ0v) is 5.80. The highest BCUT2D eigenvalue weighted by molar-refractivity contribution is 7.80. The molecule has 1 N–H and O–H groups in total. The molecule has 0 atom stereocenters. The van der Waals surface area contributed by atoms with Crippen molar-refractivity contribution in [3.8, 4) is 0 Å². The highest BCUT2D eigenvalue weighted by Crippen LogP contribution is 1.97. The van der Waals surface area contributed by atoms with Crippen molar-refractivity contribution < 1.29 is 0 Å². The Morgan fingerprint density at radius 2 is 2.25 bits per heavy atom. The van der Waals surface area contributed by atoms with Crippen LogP contribution in [0.1, 0.15) is 0 Å². The van der Waals surface area contributed by atoms with E-state index in [2.05, 4.69) is 17.6 Å². The Labute approximate surface area is 58.2 Å². The molecule has 0 saturated heterocycles. The molecule has 0 spiro atoms. The summed E-state index contributed by atoms with van der Waals surface area (Å²) in [6.07, 6.45) is 0. The summed E-state index contributed by atoms with van der Waals surface area (Å²) in [7, 11) is 0. The molecular weight excluding hydrogens is 138 g/mol. The smallest absolute Gasteiger partial charge is 0.104 e. The molecular formula is C5H5NS2. The summed E-state index contributed by atoms with van der Waals surface area (Å²) < 4.78 is 0.720. The molecule has 8 heavy (non-hydrogen) atoms. The molecule has 1 aromatic rings. The number of nitrogens with one attached hydrogen (secondary N) is 1. The average molecular weight is 143 g/mol. The highest BCUT2D eigenvalue weighted by Gasteiger charge is 1.77. The van der Waals surface area contributed by atoms with Crippen molar-refractivity contribution in [2.75, 3.05) is 0 Å². The zero-order chi connectivity index (χ0) is 5.98. The lowest BCUT2D eigenvalue weighted by Gasteiger charge is -1.86. The van der Waals surface area contributed by atoms with Crippen LogP contribution in [0.2, 0.25) is 0 Å². The molecule has 42 valence electrons. The maximum atomic E-state index is 4.80. The fraction of sp³-hybridized carbons (Fsp3) is 0. The molecule has 0 aliphatic rings. The van der Waals surface area contributed by atoms with E-state index in [0.29, 0.717) is 0 Å². The Bertz CT molecular complexity index is 228. The van der Waals surface area contributed by atoms with Crippen molar-refractivity contribution in [3.05, 3.63) is 22.8 Å². The summed E-state index contributed by atoms with van der Waals surface area (Å²) in [6.45, 7) is 0. The Hall–Kier alpha value is -0.280. The fourth-order valence-electron chi connectivity index (χ4n) is 0.436. The van der Waals surface area contributed by atoms with Crippen LogP contribution in [0.3, 0.4) is 0 Å². The lowest BCUT2D eigenvalue weighted by atomic mass is 10.5. The first-order valence-electron chi connectivity index (χ1n) is 2.17. The number of aromatic nitrogens is 1. The van der Waals surface area contributed by atoms with Gasteiger partial charge in [-0.15, -0.1) is 12.6 Å². The van der Waals surface area contributed by atoms with Gasteiger partial charge in [0, 0.05) is 0 Å². The van der Waals surface area contributed by atoms with Crippen LogP contribution in [0.25, 0.3) is 0 Å². The Morgan fingerprint density at radius 3 is 2.62 bits per heavy atom. The molecule has 1 aromatic heterocycles. The van der Waals surface area contributed by atoms with Gasteiger partial charge >= 0.3 is 0 Å². The van der Waals surface area contributed by atoms with Gasteiger partial charge in [-0.25, -0.2) is 0 Å². The maximum absolute atomic E-state index is 4.80. The van der Waals surface area contributed by atoms with Crippen molar-refractivity contribution >= 4 is 24.8 Å². The summed E-state index contributed by atoms with van der Waals surface area (Å²) in [4.78, 5) is 2.85. The fourth-order valence-corrected chi connectivity index (χ4v) is 0.907. The minimum absolute atomic E-state index is 0.720. The maximum Gasteiger partial charge on any atom is 0.104 e. The third-order valence-electron chi connectivity index (χ3n) is 0.753.